The molecule has 0 aliphatic rings. The van der Waals surface area contributed by atoms with Gasteiger partial charge in [0, 0.05) is 24.5 Å². The van der Waals surface area contributed by atoms with Gasteiger partial charge in [-0.3, -0.25) is 4.79 Å². The Labute approximate surface area is 133 Å². The Morgan fingerprint density at radius 2 is 2.00 bits per heavy atom. The van der Waals surface area contributed by atoms with Gasteiger partial charge >= 0.3 is 0 Å². The standard InChI is InChI=1S/C13H17N5OS.ClH/c1-8-9(11(19)18-13(2,3)7-14)20-12(17-8)10-15-5-4-6-16-10;/h4-6H,7,14H2,1-3H3,(H,18,19);1H. The van der Waals surface area contributed by atoms with Crippen molar-refractivity contribution in [3.05, 3.63) is 29.0 Å². The van der Waals surface area contributed by atoms with Crippen molar-refractivity contribution in [2.75, 3.05) is 6.54 Å². The molecule has 0 radical (unpaired) electrons. The van der Waals surface area contributed by atoms with Crippen LogP contribution in [0.2, 0.25) is 0 Å². The smallest absolute Gasteiger partial charge is 0.263 e. The summed E-state index contributed by atoms with van der Waals surface area (Å²) < 4.78 is 0. The zero-order chi connectivity index (χ0) is 14.8. The molecular weight excluding hydrogens is 310 g/mol. The van der Waals surface area contributed by atoms with E-state index >= 15 is 0 Å². The lowest BCUT2D eigenvalue weighted by atomic mass is 10.1. The first-order valence-electron chi connectivity index (χ1n) is 6.20. The number of aromatic nitrogens is 3. The molecule has 0 aliphatic heterocycles. The first kappa shape index (κ1) is 17.5. The number of nitrogens with zero attached hydrogens (tertiary/aromatic N) is 3. The maximum atomic E-state index is 12.2. The molecule has 0 spiro atoms. The Kier molecular flexibility index (Phi) is 5.77. The van der Waals surface area contributed by atoms with Gasteiger partial charge in [0.15, 0.2) is 10.8 Å². The zero-order valence-electron chi connectivity index (χ0n) is 12.1. The number of amides is 1. The largest absolute Gasteiger partial charge is 0.345 e. The number of carbonyl (C=O) groups excluding carboxylic acids is 1. The summed E-state index contributed by atoms with van der Waals surface area (Å²) in [5, 5.41) is 3.53. The number of hydrogen-bond donors (Lipinski definition) is 2. The average molecular weight is 328 g/mol. The van der Waals surface area contributed by atoms with Gasteiger partial charge in [-0.05, 0) is 26.8 Å². The van der Waals surface area contributed by atoms with E-state index in [0.29, 0.717) is 27.9 Å². The van der Waals surface area contributed by atoms with Gasteiger partial charge in [0.25, 0.3) is 5.91 Å². The van der Waals surface area contributed by atoms with Crippen LogP contribution in [-0.4, -0.2) is 32.9 Å². The summed E-state index contributed by atoms with van der Waals surface area (Å²) in [6.45, 7) is 5.92. The molecular formula is C13H18ClN5OS. The molecule has 6 nitrogen and oxygen atoms in total. The molecule has 0 aliphatic carbocycles. The summed E-state index contributed by atoms with van der Waals surface area (Å²) in [4.78, 5) is 25.4. The maximum Gasteiger partial charge on any atom is 0.263 e. The van der Waals surface area contributed by atoms with E-state index < -0.39 is 5.54 Å². The maximum absolute atomic E-state index is 12.2. The van der Waals surface area contributed by atoms with E-state index in [9.17, 15) is 4.79 Å². The van der Waals surface area contributed by atoms with Crippen molar-refractivity contribution in [3.8, 4) is 10.8 Å². The molecule has 2 aromatic rings. The fourth-order valence-corrected chi connectivity index (χ4v) is 2.44. The third-order valence-corrected chi connectivity index (χ3v) is 3.87. The molecule has 0 unspecified atom stereocenters. The van der Waals surface area contributed by atoms with Crippen molar-refractivity contribution < 1.29 is 4.79 Å². The highest BCUT2D eigenvalue weighted by Gasteiger charge is 2.23. The van der Waals surface area contributed by atoms with Crippen LogP contribution >= 0.6 is 23.7 Å². The zero-order valence-corrected chi connectivity index (χ0v) is 13.7. The highest BCUT2D eigenvalue weighted by molar-refractivity contribution is 7.17. The lowest BCUT2D eigenvalue weighted by Gasteiger charge is -2.23. The molecule has 0 aromatic carbocycles. The highest BCUT2D eigenvalue weighted by atomic mass is 35.5. The van der Waals surface area contributed by atoms with E-state index in [1.54, 1.807) is 25.4 Å². The summed E-state index contributed by atoms with van der Waals surface area (Å²) in [6, 6.07) is 1.74. The fourth-order valence-electron chi connectivity index (χ4n) is 1.53. The Hall–Kier alpha value is -1.57. The predicted octanol–water partition coefficient (Wildman–Crippen LogP) is 1.80. The number of halogens is 1. The molecule has 2 rings (SSSR count). The van der Waals surface area contributed by atoms with Gasteiger partial charge in [0.2, 0.25) is 0 Å². The first-order valence-corrected chi connectivity index (χ1v) is 7.02. The number of nitrogens with one attached hydrogen (secondary N) is 1. The lowest BCUT2D eigenvalue weighted by Crippen LogP contribution is -2.48. The van der Waals surface area contributed by atoms with Crippen LogP contribution in [0.15, 0.2) is 18.5 Å². The van der Waals surface area contributed by atoms with Crippen molar-refractivity contribution in [1.82, 2.24) is 20.3 Å². The fraction of sp³-hybridized carbons (Fsp3) is 0.385. The molecule has 0 saturated carbocycles. The van der Waals surface area contributed by atoms with Crippen LogP contribution in [0.1, 0.15) is 29.2 Å². The van der Waals surface area contributed by atoms with E-state index in [2.05, 4.69) is 20.3 Å². The topological polar surface area (TPSA) is 93.8 Å². The van der Waals surface area contributed by atoms with E-state index in [1.165, 1.54) is 11.3 Å². The summed E-state index contributed by atoms with van der Waals surface area (Å²) in [5.41, 5.74) is 5.84. The third-order valence-electron chi connectivity index (χ3n) is 2.72. The molecule has 0 atom stereocenters. The predicted molar refractivity (Wildman–Crippen MR) is 85.7 cm³/mol. The molecule has 2 heterocycles. The minimum absolute atomic E-state index is 0. The van der Waals surface area contributed by atoms with E-state index in [4.69, 9.17) is 5.73 Å². The molecule has 0 saturated heterocycles. The van der Waals surface area contributed by atoms with Crippen LogP contribution in [0.25, 0.3) is 10.8 Å². The molecule has 0 fully saturated rings. The summed E-state index contributed by atoms with van der Waals surface area (Å²) >= 11 is 1.28. The van der Waals surface area contributed by atoms with E-state index in [1.807, 2.05) is 13.8 Å². The van der Waals surface area contributed by atoms with Crippen molar-refractivity contribution in [2.24, 2.45) is 5.73 Å². The van der Waals surface area contributed by atoms with Crippen LogP contribution in [0.4, 0.5) is 0 Å². The summed E-state index contributed by atoms with van der Waals surface area (Å²) in [5.74, 6) is 0.357. The van der Waals surface area contributed by atoms with Crippen LogP contribution in [0.5, 0.6) is 0 Å². The molecule has 8 heteroatoms. The molecule has 3 N–H and O–H groups in total. The minimum Gasteiger partial charge on any atom is -0.345 e. The first-order chi connectivity index (χ1) is 9.43. The number of nitrogens with two attached hydrogens (primary N) is 1. The highest BCUT2D eigenvalue weighted by Crippen LogP contribution is 2.25. The number of rotatable bonds is 4. The normalized spacial score (nSPS) is 10.9. The monoisotopic (exact) mass is 327 g/mol. The van der Waals surface area contributed by atoms with Crippen molar-refractivity contribution >= 4 is 29.7 Å². The van der Waals surface area contributed by atoms with Gasteiger partial charge in [-0.15, -0.1) is 23.7 Å². The van der Waals surface area contributed by atoms with Gasteiger partial charge in [-0.2, -0.15) is 0 Å². The second-order valence-electron chi connectivity index (χ2n) is 5.05. The van der Waals surface area contributed by atoms with Gasteiger partial charge in [0.1, 0.15) is 4.88 Å². The van der Waals surface area contributed by atoms with Gasteiger partial charge in [0.05, 0.1) is 5.69 Å². The third kappa shape index (κ3) is 4.20. The molecule has 2 aromatic heterocycles. The molecule has 21 heavy (non-hydrogen) atoms. The van der Waals surface area contributed by atoms with Crippen LogP contribution < -0.4 is 11.1 Å². The average Bonchev–Trinajstić information content (AvgIpc) is 2.81. The summed E-state index contributed by atoms with van der Waals surface area (Å²) in [6.07, 6.45) is 3.30. The second kappa shape index (κ2) is 6.93. The minimum atomic E-state index is -0.447. The number of aryl methyl sites for hydroxylation is 1. The van der Waals surface area contributed by atoms with Gasteiger partial charge < -0.3 is 11.1 Å². The van der Waals surface area contributed by atoms with E-state index in [0.717, 1.165) is 0 Å². The SMILES string of the molecule is Cc1nc(-c2ncccn2)sc1C(=O)NC(C)(C)CN.Cl. The number of carbonyl (C=O) groups is 1. The van der Waals surface area contributed by atoms with Gasteiger partial charge in [-0.25, -0.2) is 15.0 Å². The Balaban J connectivity index is 0.00000220. The second-order valence-corrected chi connectivity index (χ2v) is 6.05. The van der Waals surface area contributed by atoms with Crippen molar-refractivity contribution in [2.45, 2.75) is 26.3 Å². The Morgan fingerprint density at radius 1 is 1.38 bits per heavy atom. The number of thiazole rings is 1. The van der Waals surface area contributed by atoms with E-state index in [-0.39, 0.29) is 18.3 Å². The Morgan fingerprint density at radius 3 is 2.57 bits per heavy atom. The van der Waals surface area contributed by atoms with Crippen LogP contribution in [-0.2, 0) is 0 Å². The molecule has 114 valence electrons. The van der Waals surface area contributed by atoms with Crippen molar-refractivity contribution in [1.29, 1.82) is 0 Å². The van der Waals surface area contributed by atoms with Crippen LogP contribution in [0.3, 0.4) is 0 Å². The molecule has 0 bridgehead atoms. The Bertz CT molecular complexity index is 614. The van der Waals surface area contributed by atoms with Crippen LogP contribution in [0, 0.1) is 6.92 Å². The van der Waals surface area contributed by atoms with Gasteiger partial charge in [-0.1, -0.05) is 0 Å². The lowest BCUT2D eigenvalue weighted by molar-refractivity contribution is 0.0919. The van der Waals surface area contributed by atoms with Crippen molar-refractivity contribution in [3.63, 3.8) is 0 Å². The summed E-state index contributed by atoms with van der Waals surface area (Å²) in [7, 11) is 0. The molecule has 1 amide bonds. The number of hydrogen-bond acceptors (Lipinski definition) is 6. The quantitative estimate of drug-likeness (QED) is 0.893.